The van der Waals surface area contributed by atoms with Crippen LogP contribution in [0.5, 0.6) is 0 Å². The lowest BCUT2D eigenvalue weighted by Gasteiger charge is -2.16. The Morgan fingerprint density at radius 3 is 2.52 bits per heavy atom. The Morgan fingerprint density at radius 2 is 1.81 bits per heavy atom. The summed E-state index contributed by atoms with van der Waals surface area (Å²) in [4.78, 5) is 25.5. The van der Waals surface area contributed by atoms with Gasteiger partial charge in [-0.3, -0.25) is 9.59 Å². The van der Waals surface area contributed by atoms with E-state index in [1.807, 2.05) is 6.07 Å². The Labute approximate surface area is 121 Å². The number of carbonyl (C=O) groups is 2. The summed E-state index contributed by atoms with van der Waals surface area (Å²) >= 11 is 0. The van der Waals surface area contributed by atoms with E-state index in [2.05, 4.69) is 0 Å². The average Bonchev–Trinajstić information content (AvgIpc) is 2.78. The summed E-state index contributed by atoms with van der Waals surface area (Å²) in [5, 5.41) is 0. The third-order valence-electron chi connectivity index (χ3n) is 3.56. The Kier molecular flexibility index (Phi) is 3.17. The molecule has 0 spiro atoms. The molecule has 1 saturated heterocycles. The molecular weight excluding hydrogens is 271 g/mol. The molecule has 2 aromatic carbocycles. The number of hydrogen-bond acceptors (Lipinski definition) is 3. The summed E-state index contributed by atoms with van der Waals surface area (Å²) in [6.07, 6.45) is 0.0388. The van der Waals surface area contributed by atoms with Crippen LogP contribution in [0.25, 0.3) is 0 Å². The van der Waals surface area contributed by atoms with Gasteiger partial charge in [0, 0.05) is 12.1 Å². The van der Waals surface area contributed by atoms with E-state index in [-0.39, 0.29) is 12.1 Å². The van der Waals surface area contributed by atoms with Crippen molar-refractivity contribution in [1.82, 2.24) is 0 Å². The van der Waals surface area contributed by atoms with E-state index in [0.717, 1.165) is 16.5 Å². The van der Waals surface area contributed by atoms with Crippen molar-refractivity contribution in [2.24, 2.45) is 0 Å². The molecule has 0 aliphatic carbocycles. The quantitative estimate of drug-likeness (QED) is 0.680. The normalized spacial score (nSPS) is 18.3. The first-order valence-electron chi connectivity index (χ1n) is 6.54. The first kappa shape index (κ1) is 13.3. The lowest BCUT2D eigenvalue weighted by Crippen LogP contribution is -2.31. The summed E-state index contributed by atoms with van der Waals surface area (Å²) in [5.74, 6) is -2.05. The highest BCUT2D eigenvalue weighted by molar-refractivity contribution is 6.22. The third-order valence-corrected chi connectivity index (χ3v) is 3.56. The van der Waals surface area contributed by atoms with Gasteiger partial charge in [0.1, 0.15) is 5.82 Å². The molecule has 0 bridgehead atoms. The topological polar surface area (TPSA) is 63.4 Å². The molecule has 0 radical (unpaired) electrons. The Morgan fingerprint density at radius 1 is 1.10 bits per heavy atom. The highest BCUT2D eigenvalue weighted by Crippen LogP contribution is 2.34. The molecule has 4 nitrogen and oxygen atoms in total. The summed E-state index contributed by atoms with van der Waals surface area (Å²) in [6.45, 7) is 0. The van der Waals surface area contributed by atoms with E-state index in [1.165, 1.54) is 12.1 Å². The van der Waals surface area contributed by atoms with E-state index in [0.29, 0.717) is 5.69 Å². The van der Waals surface area contributed by atoms with Gasteiger partial charge in [-0.05, 0) is 23.8 Å². The van der Waals surface area contributed by atoms with Crippen molar-refractivity contribution >= 4 is 23.2 Å². The Bertz CT molecular complexity index is 715. The number of nitrogens with two attached hydrogens (primary N) is 1. The monoisotopic (exact) mass is 284 g/mol. The predicted molar refractivity (Wildman–Crippen MR) is 77.1 cm³/mol. The van der Waals surface area contributed by atoms with Gasteiger partial charge >= 0.3 is 0 Å². The zero-order chi connectivity index (χ0) is 15.0. The molecule has 2 amide bonds. The molecule has 1 aliphatic rings. The Balaban J connectivity index is 2.00. The second-order valence-electron chi connectivity index (χ2n) is 4.95. The van der Waals surface area contributed by atoms with Crippen LogP contribution in [0.4, 0.5) is 15.8 Å². The van der Waals surface area contributed by atoms with E-state index < -0.39 is 23.5 Å². The van der Waals surface area contributed by atoms with Crippen LogP contribution in [-0.4, -0.2) is 11.8 Å². The fourth-order valence-electron chi connectivity index (χ4n) is 2.53. The largest absolute Gasteiger partial charge is 0.399 e. The number of carbonyl (C=O) groups excluding carboxylic acids is 2. The zero-order valence-corrected chi connectivity index (χ0v) is 11.1. The number of anilines is 2. The first-order chi connectivity index (χ1) is 10.1. The first-order valence-corrected chi connectivity index (χ1v) is 6.54. The smallest absolute Gasteiger partial charge is 0.241 e. The van der Waals surface area contributed by atoms with Crippen molar-refractivity contribution < 1.29 is 14.0 Å². The van der Waals surface area contributed by atoms with Gasteiger partial charge in [-0.15, -0.1) is 0 Å². The van der Waals surface area contributed by atoms with Crippen LogP contribution < -0.4 is 10.6 Å². The van der Waals surface area contributed by atoms with E-state index in [1.54, 1.807) is 24.3 Å². The highest BCUT2D eigenvalue weighted by Gasteiger charge is 2.41. The zero-order valence-electron chi connectivity index (χ0n) is 11.1. The molecule has 1 atom stereocenters. The van der Waals surface area contributed by atoms with Crippen LogP contribution in [0.2, 0.25) is 0 Å². The maximum absolute atomic E-state index is 13.9. The molecule has 21 heavy (non-hydrogen) atoms. The SMILES string of the molecule is Nc1ccc(F)c(N2C(=O)CC(c3ccccc3)C2=O)c1. The van der Waals surface area contributed by atoms with Crippen molar-refractivity contribution in [3.63, 3.8) is 0 Å². The van der Waals surface area contributed by atoms with Crippen molar-refractivity contribution in [1.29, 1.82) is 0 Å². The number of halogens is 1. The average molecular weight is 284 g/mol. The maximum Gasteiger partial charge on any atom is 0.241 e. The van der Waals surface area contributed by atoms with Crippen molar-refractivity contribution in [3.8, 4) is 0 Å². The molecule has 0 aromatic heterocycles. The molecule has 2 aromatic rings. The second kappa shape index (κ2) is 5.01. The standard InChI is InChI=1S/C16H13FN2O2/c17-13-7-6-11(18)8-14(13)19-15(20)9-12(16(19)21)10-4-2-1-3-5-10/h1-8,12H,9,18H2. The van der Waals surface area contributed by atoms with Gasteiger partial charge in [0.2, 0.25) is 11.8 Å². The van der Waals surface area contributed by atoms with Crippen LogP contribution >= 0.6 is 0 Å². The van der Waals surface area contributed by atoms with Crippen molar-refractivity contribution in [3.05, 3.63) is 59.9 Å². The minimum Gasteiger partial charge on any atom is -0.399 e. The summed E-state index contributed by atoms with van der Waals surface area (Å²) in [6, 6.07) is 12.9. The second-order valence-corrected chi connectivity index (χ2v) is 4.95. The van der Waals surface area contributed by atoms with Gasteiger partial charge in [0.05, 0.1) is 11.6 Å². The predicted octanol–water partition coefficient (Wildman–Crippen LogP) is 2.46. The molecule has 1 heterocycles. The fourth-order valence-corrected chi connectivity index (χ4v) is 2.53. The van der Waals surface area contributed by atoms with Gasteiger partial charge in [-0.2, -0.15) is 0 Å². The van der Waals surface area contributed by atoms with Crippen LogP contribution in [0.15, 0.2) is 48.5 Å². The number of nitrogen functional groups attached to an aromatic ring is 1. The third kappa shape index (κ3) is 2.27. The number of amides is 2. The molecule has 2 N–H and O–H groups in total. The molecule has 3 rings (SSSR count). The summed E-state index contributed by atoms with van der Waals surface area (Å²) in [7, 11) is 0. The molecule has 1 aliphatic heterocycles. The summed E-state index contributed by atoms with van der Waals surface area (Å²) < 4.78 is 13.9. The molecule has 5 heteroatoms. The van der Waals surface area contributed by atoms with Gasteiger partial charge in [-0.25, -0.2) is 9.29 Å². The highest BCUT2D eigenvalue weighted by atomic mass is 19.1. The van der Waals surface area contributed by atoms with E-state index in [9.17, 15) is 14.0 Å². The molecule has 1 unspecified atom stereocenters. The van der Waals surface area contributed by atoms with Crippen LogP contribution in [0.3, 0.4) is 0 Å². The van der Waals surface area contributed by atoms with Gasteiger partial charge in [0.15, 0.2) is 0 Å². The van der Waals surface area contributed by atoms with Crippen molar-refractivity contribution in [2.45, 2.75) is 12.3 Å². The fraction of sp³-hybridized carbons (Fsp3) is 0.125. The number of benzene rings is 2. The number of nitrogens with zero attached hydrogens (tertiary/aromatic N) is 1. The molecule has 1 fully saturated rings. The number of rotatable bonds is 2. The lowest BCUT2D eigenvalue weighted by molar-refractivity contribution is -0.121. The van der Waals surface area contributed by atoms with Gasteiger partial charge in [0.25, 0.3) is 0 Å². The van der Waals surface area contributed by atoms with Crippen LogP contribution in [0, 0.1) is 5.82 Å². The molecular formula is C16H13FN2O2. The minimum absolute atomic E-state index is 0.0388. The Hall–Kier alpha value is -2.69. The molecule has 106 valence electrons. The van der Waals surface area contributed by atoms with Gasteiger partial charge in [-0.1, -0.05) is 30.3 Å². The molecule has 0 saturated carbocycles. The van der Waals surface area contributed by atoms with Gasteiger partial charge < -0.3 is 5.73 Å². The summed E-state index contributed by atoms with van der Waals surface area (Å²) in [5.41, 5.74) is 6.59. The number of hydrogen-bond donors (Lipinski definition) is 1. The van der Waals surface area contributed by atoms with Crippen LogP contribution in [0.1, 0.15) is 17.9 Å². The van der Waals surface area contributed by atoms with E-state index in [4.69, 9.17) is 5.73 Å². The van der Waals surface area contributed by atoms with Crippen LogP contribution in [-0.2, 0) is 9.59 Å². The minimum atomic E-state index is -0.639. The lowest BCUT2D eigenvalue weighted by atomic mass is 9.98. The number of imide groups is 1. The van der Waals surface area contributed by atoms with Crippen molar-refractivity contribution in [2.75, 3.05) is 10.6 Å². The maximum atomic E-state index is 13.9. The van der Waals surface area contributed by atoms with E-state index >= 15 is 0 Å².